The summed E-state index contributed by atoms with van der Waals surface area (Å²) in [4.78, 5) is 2.35. The summed E-state index contributed by atoms with van der Waals surface area (Å²) in [5, 5.41) is 12.4. The smallest absolute Gasteiger partial charge is 0.165 e. The Morgan fingerprint density at radius 3 is 2.67 bits per heavy atom. The molecule has 0 aliphatic carbocycles. The van der Waals surface area contributed by atoms with Gasteiger partial charge in [0.15, 0.2) is 11.6 Å². The monoisotopic (exact) mass is 318 g/mol. The first kappa shape index (κ1) is 18.2. The molecule has 1 saturated heterocycles. The Balaban J connectivity index is 0.00000220. The highest BCUT2D eigenvalue weighted by molar-refractivity contribution is 5.85. The minimum Gasteiger partial charge on any atom is -0.494 e. The van der Waals surface area contributed by atoms with Crippen molar-refractivity contribution in [3.63, 3.8) is 0 Å². The van der Waals surface area contributed by atoms with Gasteiger partial charge in [-0.3, -0.25) is 4.90 Å². The summed E-state index contributed by atoms with van der Waals surface area (Å²) in [6.45, 7) is 3.97. The second-order valence-electron chi connectivity index (χ2n) is 5.06. The normalized spacial score (nSPS) is 17.1. The highest BCUT2D eigenvalue weighted by Crippen LogP contribution is 2.29. The van der Waals surface area contributed by atoms with Gasteiger partial charge in [0.05, 0.1) is 7.11 Å². The van der Waals surface area contributed by atoms with E-state index in [0.29, 0.717) is 0 Å². The summed E-state index contributed by atoms with van der Waals surface area (Å²) in [5.74, 6) is -0.0518. The molecule has 120 valence electrons. The van der Waals surface area contributed by atoms with Crippen LogP contribution in [0.1, 0.15) is 24.4 Å². The number of rotatable bonds is 6. The van der Waals surface area contributed by atoms with Crippen LogP contribution in [0.25, 0.3) is 0 Å². The van der Waals surface area contributed by atoms with Gasteiger partial charge in [0.1, 0.15) is 0 Å². The van der Waals surface area contributed by atoms with Gasteiger partial charge >= 0.3 is 0 Å². The van der Waals surface area contributed by atoms with Crippen LogP contribution in [0.4, 0.5) is 4.39 Å². The minimum absolute atomic E-state index is 0. The molecule has 0 amide bonds. The Morgan fingerprint density at radius 1 is 1.38 bits per heavy atom. The fourth-order valence-electron chi connectivity index (χ4n) is 2.73. The van der Waals surface area contributed by atoms with E-state index in [1.54, 1.807) is 12.1 Å². The lowest BCUT2D eigenvalue weighted by Crippen LogP contribution is -2.45. The predicted octanol–water partition coefficient (Wildman–Crippen LogP) is 1.97. The molecule has 1 aliphatic rings. The lowest BCUT2D eigenvalue weighted by atomic mass is 9.99. The second-order valence-corrected chi connectivity index (χ2v) is 5.06. The van der Waals surface area contributed by atoms with Gasteiger partial charge in [-0.15, -0.1) is 12.4 Å². The number of nitrogens with zero attached hydrogens (tertiary/aromatic N) is 1. The fourth-order valence-corrected chi connectivity index (χ4v) is 2.73. The molecule has 6 heteroatoms. The maximum atomic E-state index is 13.9. The summed E-state index contributed by atoms with van der Waals surface area (Å²) in [6.07, 6.45) is 1.56. The molecule has 1 aromatic carbocycles. The van der Waals surface area contributed by atoms with Crippen molar-refractivity contribution in [1.82, 2.24) is 10.2 Å². The molecule has 0 spiro atoms. The molecule has 0 saturated carbocycles. The predicted molar refractivity (Wildman–Crippen MR) is 83.7 cm³/mol. The van der Waals surface area contributed by atoms with Crippen LogP contribution in [-0.2, 0) is 0 Å². The van der Waals surface area contributed by atoms with E-state index in [2.05, 4.69) is 10.2 Å². The van der Waals surface area contributed by atoms with Crippen molar-refractivity contribution in [1.29, 1.82) is 0 Å². The van der Waals surface area contributed by atoms with Gasteiger partial charge in [0.2, 0.25) is 0 Å². The van der Waals surface area contributed by atoms with Crippen molar-refractivity contribution in [3.05, 3.63) is 29.6 Å². The van der Waals surface area contributed by atoms with E-state index in [9.17, 15) is 4.39 Å². The number of halogens is 2. The van der Waals surface area contributed by atoms with Crippen LogP contribution >= 0.6 is 12.4 Å². The molecular formula is C15H24ClFN2O2. The first-order valence-corrected chi connectivity index (χ1v) is 7.15. The third-order valence-electron chi connectivity index (χ3n) is 3.79. The number of aliphatic hydroxyl groups excluding tert-OH is 1. The number of hydrogen-bond donors (Lipinski definition) is 2. The molecule has 0 radical (unpaired) electrons. The molecule has 1 atom stereocenters. The first-order chi connectivity index (χ1) is 9.76. The number of hydrogen-bond acceptors (Lipinski definition) is 4. The Bertz CT molecular complexity index is 428. The zero-order valence-electron chi connectivity index (χ0n) is 12.3. The van der Waals surface area contributed by atoms with E-state index in [-0.39, 0.29) is 36.6 Å². The molecule has 4 nitrogen and oxygen atoms in total. The van der Waals surface area contributed by atoms with Crippen molar-refractivity contribution in [3.8, 4) is 5.75 Å². The molecule has 1 fully saturated rings. The van der Waals surface area contributed by atoms with Crippen LogP contribution in [0.5, 0.6) is 5.75 Å². The summed E-state index contributed by atoms with van der Waals surface area (Å²) in [6, 6.07) is 5.32. The lowest BCUT2D eigenvalue weighted by Gasteiger charge is -2.35. The summed E-state index contributed by atoms with van der Waals surface area (Å²) in [7, 11) is 1.47. The van der Waals surface area contributed by atoms with Gasteiger partial charge in [0, 0.05) is 38.8 Å². The molecule has 2 rings (SSSR count). The van der Waals surface area contributed by atoms with Crippen molar-refractivity contribution in [2.24, 2.45) is 0 Å². The zero-order valence-corrected chi connectivity index (χ0v) is 13.2. The van der Waals surface area contributed by atoms with Crippen LogP contribution in [-0.4, -0.2) is 49.9 Å². The lowest BCUT2D eigenvalue weighted by molar-refractivity contribution is 0.154. The average Bonchev–Trinajstić information content (AvgIpc) is 2.49. The van der Waals surface area contributed by atoms with Gasteiger partial charge in [-0.1, -0.05) is 6.07 Å². The van der Waals surface area contributed by atoms with Crippen LogP contribution in [0.15, 0.2) is 18.2 Å². The van der Waals surface area contributed by atoms with Crippen molar-refractivity contribution in [2.45, 2.75) is 18.9 Å². The average molecular weight is 319 g/mol. The van der Waals surface area contributed by atoms with E-state index >= 15 is 0 Å². The van der Waals surface area contributed by atoms with Crippen molar-refractivity contribution < 1.29 is 14.2 Å². The number of aliphatic hydroxyl groups is 1. The van der Waals surface area contributed by atoms with E-state index < -0.39 is 0 Å². The molecule has 1 heterocycles. The fraction of sp³-hybridized carbons (Fsp3) is 0.600. The van der Waals surface area contributed by atoms with Gasteiger partial charge in [-0.2, -0.15) is 0 Å². The number of benzene rings is 1. The molecule has 1 aliphatic heterocycles. The molecule has 0 aromatic heterocycles. The molecule has 1 aromatic rings. The van der Waals surface area contributed by atoms with E-state index in [1.807, 2.05) is 6.07 Å². The third-order valence-corrected chi connectivity index (χ3v) is 3.79. The maximum Gasteiger partial charge on any atom is 0.165 e. The highest BCUT2D eigenvalue weighted by atomic mass is 35.5. The van der Waals surface area contributed by atoms with Gasteiger partial charge in [0.25, 0.3) is 0 Å². The molecule has 21 heavy (non-hydrogen) atoms. The third kappa shape index (κ3) is 4.81. The number of methoxy groups -OCH3 is 1. The number of ether oxygens (including phenoxy) is 1. The number of piperazine rings is 1. The summed E-state index contributed by atoms with van der Waals surface area (Å²) >= 11 is 0. The standard InChI is InChI=1S/C15H23FN2O2.ClH/c1-20-15-5-4-12(11-13(15)16)14(3-2-10-19)18-8-6-17-7-9-18;/h4-5,11,14,17,19H,2-3,6-10H2,1H3;1H/t14-;/m0./s1. The molecule has 2 N–H and O–H groups in total. The van der Waals surface area contributed by atoms with Crippen LogP contribution < -0.4 is 10.1 Å². The van der Waals surface area contributed by atoms with Gasteiger partial charge in [-0.05, 0) is 30.5 Å². The first-order valence-electron chi connectivity index (χ1n) is 7.15. The largest absolute Gasteiger partial charge is 0.494 e. The Hall–Kier alpha value is -0.880. The molecule has 0 bridgehead atoms. The summed E-state index contributed by atoms with van der Waals surface area (Å²) in [5.41, 5.74) is 0.957. The zero-order chi connectivity index (χ0) is 14.4. The Labute approximate surface area is 131 Å². The maximum absolute atomic E-state index is 13.9. The van der Waals surface area contributed by atoms with E-state index in [1.165, 1.54) is 7.11 Å². The van der Waals surface area contributed by atoms with Crippen LogP contribution in [0, 0.1) is 5.82 Å². The number of nitrogens with one attached hydrogen (secondary N) is 1. The topological polar surface area (TPSA) is 44.7 Å². The van der Waals surface area contributed by atoms with Crippen molar-refractivity contribution >= 4 is 12.4 Å². The van der Waals surface area contributed by atoms with E-state index in [4.69, 9.17) is 9.84 Å². The van der Waals surface area contributed by atoms with Crippen LogP contribution in [0.3, 0.4) is 0 Å². The van der Waals surface area contributed by atoms with Crippen LogP contribution in [0.2, 0.25) is 0 Å². The Morgan fingerprint density at radius 2 is 2.10 bits per heavy atom. The summed E-state index contributed by atoms with van der Waals surface area (Å²) < 4.78 is 18.9. The van der Waals surface area contributed by atoms with Gasteiger partial charge in [-0.25, -0.2) is 4.39 Å². The van der Waals surface area contributed by atoms with E-state index in [0.717, 1.165) is 44.6 Å². The van der Waals surface area contributed by atoms with Gasteiger partial charge < -0.3 is 15.2 Å². The quantitative estimate of drug-likeness (QED) is 0.842. The minimum atomic E-state index is -0.325. The molecule has 0 unspecified atom stereocenters. The Kier molecular flexibility index (Phi) is 7.96. The second kappa shape index (κ2) is 9.20. The molecular weight excluding hydrogens is 295 g/mol. The highest BCUT2D eigenvalue weighted by Gasteiger charge is 2.22. The SMILES string of the molecule is COc1ccc([C@H](CCCO)N2CCNCC2)cc1F.Cl. The van der Waals surface area contributed by atoms with Crippen molar-refractivity contribution in [2.75, 3.05) is 39.9 Å².